The number of amides is 1. The Morgan fingerprint density at radius 3 is 2.59 bits per heavy atom. The number of rotatable bonds is 8. The van der Waals surface area contributed by atoms with Crippen LogP contribution in [0.4, 0.5) is 5.69 Å². The number of nitrogens with zero attached hydrogens (tertiary/aromatic N) is 4. The van der Waals surface area contributed by atoms with Crippen molar-refractivity contribution in [1.29, 1.82) is 0 Å². The van der Waals surface area contributed by atoms with E-state index in [0.717, 1.165) is 16.3 Å². The molecule has 3 aromatic carbocycles. The molecule has 1 amide bonds. The lowest BCUT2D eigenvalue weighted by atomic mass is 9.90. The van der Waals surface area contributed by atoms with E-state index in [0.29, 0.717) is 62.1 Å². The molecular weight excluding hydrogens is 604 g/mol. The Morgan fingerprint density at radius 2 is 1.87 bits per heavy atom. The summed E-state index contributed by atoms with van der Waals surface area (Å²) in [6, 6.07) is 18.9. The van der Waals surface area contributed by atoms with Gasteiger partial charge in [0.15, 0.2) is 4.80 Å². The average molecular weight is 637 g/mol. The molecule has 1 atom stereocenters. The molecule has 0 radical (unpaired) electrons. The molecule has 6 rings (SSSR count). The van der Waals surface area contributed by atoms with Gasteiger partial charge in [-0.2, -0.15) is 0 Å². The molecule has 0 saturated heterocycles. The zero-order chi connectivity index (χ0) is 32.7. The maximum atomic E-state index is 14.3. The van der Waals surface area contributed by atoms with Gasteiger partial charge in [-0.3, -0.25) is 24.3 Å². The van der Waals surface area contributed by atoms with Gasteiger partial charge in [-0.1, -0.05) is 47.7 Å². The molecule has 10 nitrogen and oxygen atoms in total. The number of allylic oxidation sites excluding steroid dienone is 1. The number of methoxy groups -OCH3 is 1. The smallest absolute Gasteiger partial charge is 0.271 e. The molecule has 11 heteroatoms. The van der Waals surface area contributed by atoms with E-state index in [4.69, 9.17) is 14.1 Å². The lowest BCUT2D eigenvalue weighted by Crippen LogP contribution is -2.43. The van der Waals surface area contributed by atoms with Crippen molar-refractivity contribution < 1.29 is 18.9 Å². The summed E-state index contributed by atoms with van der Waals surface area (Å²) in [4.78, 5) is 46.4. The summed E-state index contributed by atoms with van der Waals surface area (Å²) in [7, 11) is 1.58. The normalized spacial score (nSPS) is 14.7. The minimum atomic E-state index is -0.799. The molecule has 3 heterocycles. The SMILES string of the molecule is CCN(CC)C(=O)C1=C(C)N=c2s/c(=C/c3ccc(-c4cc([N+](=O)[O-])ccc4C)o3)c(=O)n2[C@@H]1c1c(OC)ccc2ccccc12. The number of furan rings is 1. The van der Waals surface area contributed by atoms with Crippen molar-refractivity contribution in [2.24, 2.45) is 4.99 Å². The molecule has 0 aliphatic carbocycles. The molecule has 1 aliphatic rings. The summed E-state index contributed by atoms with van der Waals surface area (Å²) in [5, 5.41) is 13.2. The molecule has 0 fully saturated rings. The fourth-order valence-corrected chi connectivity index (χ4v) is 7.01. The van der Waals surface area contributed by atoms with Gasteiger partial charge in [0.05, 0.1) is 27.8 Å². The van der Waals surface area contributed by atoms with Gasteiger partial charge in [0.25, 0.3) is 17.2 Å². The van der Waals surface area contributed by atoms with E-state index in [9.17, 15) is 19.7 Å². The highest BCUT2D eigenvalue weighted by molar-refractivity contribution is 7.07. The number of nitro groups is 1. The van der Waals surface area contributed by atoms with E-state index in [1.807, 2.05) is 57.2 Å². The van der Waals surface area contributed by atoms with Crippen LogP contribution in [0.2, 0.25) is 0 Å². The third-order valence-electron chi connectivity index (χ3n) is 8.32. The van der Waals surface area contributed by atoms with Gasteiger partial charge in [0, 0.05) is 42.4 Å². The molecule has 0 N–H and O–H groups in total. The highest BCUT2D eigenvalue weighted by Gasteiger charge is 2.36. The van der Waals surface area contributed by atoms with Crippen LogP contribution in [-0.4, -0.2) is 40.5 Å². The predicted octanol–water partition coefficient (Wildman–Crippen LogP) is 5.74. The summed E-state index contributed by atoms with van der Waals surface area (Å²) in [6.07, 6.45) is 1.64. The molecule has 0 unspecified atom stereocenters. The number of thiazole rings is 1. The molecule has 234 valence electrons. The highest BCUT2D eigenvalue weighted by Crippen LogP contribution is 2.40. The van der Waals surface area contributed by atoms with Crippen LogP contribution in [0, 0.1) is 17.0 Å². The van der Waals surface area contributed by atoms with Crippen molar-refractivity contribution in [2.45, 2.75) is 33.7 Å². The van der Waals surface area contributed by atoms with Gasteiger partial charge in [0.1, 0.15) is 23.3 Å². The first-order valence-electron chi connectivity index (χ1n) is 14.9. The Balaban J connectivity index is 1.56. The lowest BCUT2D eigenvalue weighted by molar-refractivity contribution is -0.384. The van der Waals surface area contributed by atoms with Gasteiger partial charge in [0.2, 0.25) is 0 Å². The number of benzene rings is 3. The quantitative estimate of drug-likeness (QED) is 0.158. The van der Waals surface area contributed by atoms with Crippen LogP contribution in [0.25, 0.3) is 28.2 Å². The van der Waals surface area contributed by atoms with Gasteiger partial charge in [-0.25, -0.2) is 4.99 Å². The van der Waals surface area contributed by atoms with Crippen molar-refractivity contribution in [3.63, 3.8) is 0 Å². The summed E-state index contributed by atoms with van der Waals surface area (Å²) < 4.78 is 13.9. The van der Waals surface area contributed by atoms with Gasteiger partial charge in [-0.05, 0) is 62.2 Å². The molecule has 0 bridgehead atoms. The summed E-state index contributed by atoms with van der Waals surface area (Å²) in [6.45, 7) is 8.50. The van der Waals surface area contributed by atoms with Gasteiger partial charge < -0.3 is 14.1 Å². The second-order valence-electron chi connectivity index (χ2n) is 10.9. The molecule has 0 saturated carbocycles. The Labute approximate surface area is 268 Å². The monoisotopic (exact) mass is 636 g/mol. The molecule has 5 aromatic rings. The van der Waals surface area contributed by atoms with Crippen LogP contribution in [0.1, 0.15) is 43.7 Å². The zero-order valence-corrected chi connectivity index (χ0v) is 26.9. The first-order chi connectivity index (χ1) is 22.2. The summed E-state index contributed by atoms with van der Waals surface area (Å²) in [5.74, 6) is 1.21. The number of nitro benzene ring substituents is 1. The first kappa shape index (κ1) is 30.7. The number of carbonyl (C=O) groups excluding carboxylic acids is 1. The predicted molar refractivity (Wildman–Crippen MR) is 178 cm³/mol. The second kappa shape index (κ2) is 12.2. The fraction of sp³-hybridized carbons (Fsp3) is 0.229. The van der Waals surface area contributed by atoms with Crippen molar-refractivity contribution in [2.75, 3.05) is 20.2 Å². The Morgan fingerprint density at radius 1 is 1.11 bits per heavy atom. The van der Waals surface area contributed by atoms with Crippen LogP contribution < -0.4 is 19.6 Å². The molecule has 2 aromatic heterocycles. The Bertz CT molecular complexity index is 2240. The van der Waals surface area contributed by atoms with Crippen molar-refractivity contribution in [3.05, 3.63) is 125 Å². The number of ether oxygens (including phenoxy) is 1. The van der Waals surface area contributed by atoms with Crippen LogP contribution in [0.15, 0.2) is 92.2 Å². The number of carbonyl (C=O) groups is 1. The maximum absolute atomic E-state index is 14.3. The number of likely N-dealkylation sites (N-methyl/N-ethyl adjacent to an activating group) is 1. The Hall–Kier alpha value is -5.29. The van der Waals surface area contributed by atoms with Crippen LogP contribution in [0.5, 0.6) is 5.75 Å². The third-order valence-corrected chi connectivity index (χ3v) is 9.31. The summed E-state index contributed by atoms with van der Waals surface area (Å²) >= 11 is 1.21. The fourth-order valence-electron chi connectivity index (χ4n) is 5.98. The first-order valence-corrected chi connectivity index (χ1v) is 15.7. The van der Waals surface area contributed by atoms with E-state index in [-0.39, 0.29) is 17.2 Å². The van der Waals surface area contributed by atoms with Crippen LogP contribution in [-0.2, 0) is 4.79 Å². The van der Waals surface area contributed by atoms with E-state index in [1.54, 1.807) is 47.8 Å². The molecular formula is C35H32N4O6S. The average Bonchev–Trinajstić information content (AvgIpc) is 3.64. The van der Waals surface area contributed by atoms with Crippen molar-refractivity contribution in [3.8, 4) is 17.1 Å². The van der Waals surface area contributed by atoms with Crippen molar-refractivity contribution in [1.82, 2.24) is 9.47 Å². The number of aromatic nitrogens is 1. The highest BCUT2D eigenvalue weighted by atomic mass is 32.1. The minimum absolute atomic E-state index is 0.0406. The van der Waals surface area contributed by atoms with Crippen molar-refractivity contribution >= 4 is 39.8 Å². The maximum Gasteiger partial charge on any atom is 0.271 e. The van der Waals surface area contributed by atoms with Gasteiger partial charge in [-0.15, -0.1) is 0 Å². The van der Waals surface area contributed by atoms with Gasteiger partial charge >= 0.3 is 0 Å². The number of aryl methyl sites for hydroxylation is 1. The van der Waals surface area contributed by atoms with Crippen LogP contribution >= 0.6 is 11.3 Å². The molecule has 46 heavy (non-hydrogen) atoms. The van der Waals surface area contributed by atoms with E-state index in [2.05, 4.69) is 0 Å². The lowest BCUT2D eigenvalue weighted by Gasteiger charge is -2.30. The molecule has 0 spiro atoms. The van der Waals surface area contributed by atoms with E-state index < -0.39 is 11.0 Å². The second-order valence-corrected chi connectivity index (χ2v) is 11.9. The summed E-state index contributed by atoms with van der Waals surface area (Å²) in [5.41, 5.74) is 2.69. The van der Waals surface area contributed by atoms with Crippen LogP contribution in [0.3, 0.4) is 0 Å². The number of fused-ring (bicyclic) bond motifs is 2. The number of hydrogen-bond donors (Lipinski definition) is 0. The Kier molecular flexibility index (Phi) is 8.18. The molecule has 1 aliphatic heterocycles. The minimum Gasteiger partial charge on any atom is -0.496 e. The van der Waals surface area contributed by atoms with E-state index in [1.165, 1.54) is 23.5 Å². The largest absolute Gasteiger partial charge is 0.496 e. The zero-order valence-electron chi connectivity index (χ0n) is 26.1. The number of hydrogen-bond acceptors (Lipinski definition) is 8. The third kappa shape index (κ3) is 5.22. The number of non-ortho nitro benzene ring substituents is 1. The topological polar surface area (TPSA) is 120 Å². The van der Waals surface area contributed by atoms with E-state index >= 15 is 0 Å². The standard InChI is InChI=1S/C35H32N4O6S/c1-6-37(7-2)34(41)30-21(4)36-35-38(32(30)31-25-11-9-8-10-22(25)13-16-28(31)44-5)33(40)29(46-35)19-24-15-17-27(45-24)26-18-23(39(42)43)14-12-20(26)3/h8-19,32H,6-7H2,1-5H3/b29-19+/t32-/m0/s1.